The fourth-order valence-electron chi connectivity index (χ4n) is 2.40. The van der Waals surface area contributed by atoms with E-state index in [-0.39, 0.29) is 0 Å². The molecule has 1 aliphatic rings. The standard InChI is InChI=1S/C14H21NO2/c1-16-13-7-8-14(17-2)11(9-13)10-15-12-5-3-4-6-12/h7-9,12,15H,3-6,10H2,1-2H3. The highest BCUT2D eigenvalue weighted by molar-refractivity contribution is 5.40. The molecule has 0 atom stereocenters. The largest absolute Gasteiger partial charge is 0.497 e. The molecule has 0 unspecified atom stereocenters. The van der Waals surface area contributed by atoms with Crippen molar-refractivity contribution in [2.24, 2.45) is 0 Å². The van der Waals surface area contributed by atoms with Gasteiger partial charge in [0, 0.05) is 18.2 Å². The van der Waals surface area contributed by atoms with E-state index in [1.54, 1.807) is 14.2 Å². The predicted molar refractivity (Wildman–Crippen MR) is 68.6 cm³/mol. The molecule has 0 heterocycles. The molecule has 2 rings (SSSR count). The van der Waals surface area contributed by atoms with Crippen molar-refractivity contribution in [1.82, 2.24) is 5.32 Å². The van der Waals surface area contributed by atoms with E-state index >= 15 is 0 Å². The van der Waals surface area contributed by atoms with Gasteiger partial charge in [0.05, 0.1) is 14.2 Å². The molecule has 0 saturated heterocycles. The molecule has 0 amide bonds. The van der Waals surface area contributed by atoms with Crippen molar-refractivity contribution in [3.8, 4) is 11.5 Å². The van der Waals surface area contributed by atoms with Gasteiger partial charge in [-0.3, -0.25) is 0 Å². The molecular formula is C14H21NO2. The van der Waals surface area contributed by atoms with E-state index < -0.39 is 0 Å². The molecular weight excluding hydrogens is 214 g/mol. The number of benzene rings is 1. The molecule has 3 heteroatoms. The Hall–Kier alpha value is -1.22. The summed E-state index contributed by atoms with van der Waals surface area (Å²) in [5, 5.41) is 3.59. The van der Waals surface area contributed by atoms with E-state index in [1.807, 2.05) is 18.2 Å². The SMILES string of the molecule is COc1ccc(OC)c(CNC2CCCC2)c1. The Kier molecular flexibility index (Phi) is 4.26. The van der Waals surface area contributed by atoms with Gasteiger partial charge < -0.3 is 14.8 Å². The third-order valence-corrected chi connectivity index (χ3v) is 3.42. The summed E-state index contributed by atoms with van der Waals surface area (Å²) in [5.74, 6) is 1.81. The second kappa shape index (κ2) is 5.92. The summed E-state index contributed by atoms with van der Waals surface area (Å²) >= 11 is 0. The van der Waals surface area contributed by atoms with Gasteiger partial charge in [0.25, 0.3) is 0 Å². The van der Waals surface area contributed by atoms with Gasteiger partial charge in [0.1, 0.15) is 11.5 Å². The Bertz CT molecular complexity index is 359. The van der Waals surface area contributed by atoms with Crippen LogP contribution in [0.15, 0.2) is 18.2 Å². The Balaban J connectivity index is 2.01. The quantitative estimate of drug-likeness (QED) is 0.851. The summed E-state index contributed by atoms with van der Waals surface area (Å²) in [5.41, 5.74) is 1.17. The molecule has 1 aromatic carbocycles. The molecule has 1 saturated carbocycles. The summed E-state index contributed by atoms with van der Waals surface area (Å²) in [7, 11) is 3.40. The second-order valence-corrected chi connectivity index (χ2v) is 4.54. The zero-order valence-corrected chi connectivity index (χ0v) is 10.7. The van der Waals surface area contributed by atoms with E-state index in [2.05, 4.69) is 5.32 Å². The van der Waals surface area contributed by atoms with E-state index in [4.69, 9.17) is 9.47 Å². The highest BCUT2D eigenvalue weighted by atomic mass is 16.5. The number of methoxy groups -OCH3 is 2. The molecule has 1 aromatic rings. The third kappa shape index (κ3) is 3.13. The number of nitrogens with one attached hydrogen (secondary N) is 1. The van der Waals surface area contributed by atoms with Gasteiger partial charge in [-0.2, -0.15) is 0 Å². The predicted octanol–water partition coefficient (Wildman–Crippen LogP) is 2.74. The van der Waals surface area contributed by atoms with Crippen molar-refractivity contribution < 1.29 is 9.47 Å². The Morgan fingerprint density at radius 2 is 1.94 bits per heavy atom. The maximum Gasteiger partial charge on any atom is 0.123 e. The van der Waals surface area contributed by atoms with Gasteiger partial charge >= 0.3 is 0 Å². The Labute approximate surface area is 103 Å². The van der Waals surface area contributed by atoms with E-state index in [0.29, 0.717) is 6.04 Å². The lowest BCUT2D eigenvalue weighted by Crippen LogP contribution is -2.25. The van der Waals surface area contributed by atoms with Crippen molar-refractivity contribution in [2.75, 3.05) is 14.2 Å². The molecule has 0 radical (unpaired) electrons. The van der Waals surface area contributed by atoms with Gasteiger partial charge in [-0.15, -0.1) is 0 Å². The molecule has 0 aromatic heterocycles. The van der Waals surface area contributed by atoms with Crippen LogP contribution in [0.1, 0.15) is 31.2 Å². The van der Waals surface area contributed by atoms with Crippen molar-refractivity contribution >= 4 is 0 Å². The van der Waals surface area contributed by atoms with Crippen molar-refractivity contribution in [1.29, 1.82) is 0 Å². The summed E-state index contributed by atoms with van der Waals surface area (Å²) in [6.07, 6.45) is 5.30. The van der Waals surface area contributed by atoms with Crippen LogP contribution in [0.3, 0.4) is 0 Å². The van der Waals surface area contributed by atoms with E-state index in [0.717, 1.165) is 18.0 Å². The normalized spacial score (nSPS) is 16.1. The monoisotopic (exact) mass is 235 g/mol. The molecule has 1 fully saturated rings. The van der Waals surface area contributed by atoms with Crippen LogP contribution in [0.2, 0.25) is 0 Å². The topological polar surface area (TPSA) is 30.5 Å². The summed E-state index contributed by atoms with van der Waals surface area (Å²) in [4.78, 5) is 0. The smallest absolute Gasteiger partial charge is 0.123 e. The zero-order valence-electron chi connectivity index (χ0n) is 10.7. The Morgan fingerprint density at radius 1 is 1.18 bits per heavy atom. The van der Waals surface area contributed by atoms with Gasteiger partial charge in [-0.1, -0.05) is 12.8 Å². The fraction of sp³-hybridized carbons (Fsp3) is 0.571. The van der Waals surface area contributed by atoms with Crippen LogP contribution in [0.25, 0.3) is 0 Å². The van der Waals surface area contributed by atoms with Gasteiger partial charge in [-0.25, -0.2) is 0 Å². The van der Waals surface area contributed by atoms with Gasteiger partial charge in [0.15, 0.2) is 0 Å². The highest BCUT2D eigenvalue weighted by Gasteiger charge is 2.15. The molecule has 3 nitrogen and oxygen atoms in total. The van der Waals surface area contributed by atoms with Crippen molar-refractivity contribution in [2.45, 2.75) is 38.3 Å². The van der Waals surface area contributed by atoms with Crippen LogP contribution in [-0.2, 0) is 6.54 Å². The maximum absolute atomic E-state index is 5.36. The lowest BCUT2D eigenvalue weighted by atomic mass is 10.1. The molecule has 0 spiro atoms. The first kappa shape index (κ1) is 12.2. The van der Waals surface area contributed by atoms with Gasteiger partial charge in [0.2, 0.25) is 0 Å². The Morgan fingerprint density at radius 3 is 2.59 bits per heavy atom. The number of rotatable bonds is 5. The molecule has 94 valence electrons. The van der Waals surface area contributed by atoms with E-state index in [9.17, 15) is 0 Å². The molecule has 0 bridgehead atoms. The van der Waals surface area contributed by atoms with Crippen molar-refractivity contribution in [3.63, 3.8) is 0 Å². The fourth-order valence-corrected chi connectivity index (χ4v) is 2.40. The van der Waals surface area contributed by atoms with Gasteiger partial charge in [-0.05, 0) is 31.0 Å². The molecule has 17 heavy (non-hydrogen) atoms. The molecule has 1 N–H and O–H groups in total. The average molecular weight is 235 g/mol. The minimum absolute atomic E-state index is 0.672. The first-order chi connectivity index (χ1) is 8.33. The van der Waals surface area contributed by atoms with Crippen LogP contribution in [0, 0.1) is 0 Å². The van der Waals surface area contributed by atoms with Crippen LogP contribution < -0.4 is 14.8 Å². The number of hydrogen-bond acceptors (Lipinski definition) is 3. The van der Waals surface area contributed by atoms with Crippen LogP contribution in [0.4, 0.5) is 0 Å². The summed E-state index contributed by atoms with van der Waals surface area (Å²) in [6.45, 7) is 0.852. The first-order valence-corrected chi connectivity index (χ1v) is 6.28. The number of hydrogen-bond donors (Lipinski definition) is 1. The van der Waals surface area contributed by atoms with Crippen LogP contribution >= 0.6 is 0 Å². The minimum atomic E-state index is 0.672. The van der Waals surface area contributed by atoms with Crippen LogP contribution in [0.5, 0.6) is 11.5 Å². The van der Waals surface area contributed by atoms with E-state index in [1.165, 1.54) is 31.2 Å². The summed E-state index contributed by atoms with van der Waals surface area (Å²) < 4.78 is 10.6. The van der Waals surface area contributed by atoms with Crippen LogP contribution in [-0.4, -0.2) is 20.3 Å². The van der Waals surface area contributed by atoms with Crippen molar-refractivity contribution in [3.05, 3.63) is 23.8 Å². The first-order valence-electron chi connectivity index (χ1n) is 6.28. The lowest BCUT2D eigenvalue weighted by molar-refractivity contribution is 0.395. The molecule has 1 aliphatic carbocycles. The lowest BCUT2D eigenvalue weighted by Gasteiger charge is -2.14. The average Bonchev–Trinajstić information content (AvgIpc) is 2.89. The molecule has 0 aliphatic heterocycles. The number of ether oxygens (including phenoxy) is 2. The maximum atomic E-state index is 5.36. The second-order valence-electron chi connectivity index (χ2n) is 4.54. The highest BCUT2D eigenvalue weighted by Crippen LogP contribution is 2.25. The third-order valence-electron chi connectivity index (χ3n) is 3.42. The minimum Gasteiger partial charge on any atom is -0.497 e. The summed E-state index contributed by atoms with van der Waals surface area (Å²) in [6, 6.07) is 6.61. The zero-order chi connectivity index (χ0) is 12.1.